The summed E-state index contributed by atoms with van der Waals surface area (Å²) in [4.78, 5) is 0. The monoisotopic (exact) mass is 182 g/mol. The maximum Gasteiger partial charge on any atom is 0.0994 e. The van der Waals surface area contributed by atoms with Gasteiger partial charge in [0.15, 0.2) is 0 Å². The van der Waals surface area contributed by atoms with Crippen molar-refractivity contribution in [3.8, 4) is 12.1 Å². The smallest absolute Gasteiger partial charge is 0.0994 e. The molecule has 68 valence electrons. The van der Waals surface area contributed by atoms with E-state index in [-0.39, 0.29) is 0 Å². The van der Waals surface area contributed by atoms with Crippen LogP contribution in [0.25, 0.3) is 0 Å². The molecule has 0 atom stereocenters. The zero-order valence-electron chi connectivity index (χ0n) is 7.88. The van der Waals surface area contributed by atoms with Crippen LogP contribution in [-0.4, -0.2) is 0 Å². The van der Waals surface area contributed by atoms with Gasteiger partial charge in [0.1, 0.15) is 0 Å². The standard InChI is InChI=1S/C12H10N2/c13-7-9-5-6-10(8-14)12-4-2-1-3-11(9)12/h5-6H,1-4H2. The number of hydrogen-bond donors (Lipinski definition) is 0. The van der Waals surface area contributed by atoms with Gasteiger partial charge < -0.3 is 0 Å². The molecule has 0 bridgehead atoms. The zero-order chi connectivity index (χ0) is 9.97. The third-order valence-corrected chi connectivity index (χ3v) is 2.78. The Hall–Kier alpha value is -1.80. The molecule has 1 aliphatic rings. The summed E-state index contributed by atoms with van der Waals surface area (Å²) >= 11 is 0. The molecule has 0 heterocycles. The average Bonchev–Trinajstić information content (AvgIpc) is 2.27. The minimum Gasteiger partial charge on any atom is -0.192 e. The molecule has 0 unspecified atom stereocenters. The number of rotatable bonds is 0. The van der Waals surface area contributed by atoms with E-state index < -0.39 is 0 Å². The molecule has 0 aromatic heterocycles. The predicted octanol–water partition coefficient (Wildman–Crippen LogP) is 2.31. The lowest BCUT2D eigenvalue weighted by atomic mass is 9.86. The fourth-order valence-electron chi connectivity index (χ4n) is 2.08. The molecule has 0 radical (unpaired) electrons. The first-order chi connectivity index (χ1) is 6.86. The van der Waals surface area contributed by atoms with Crippen molar-refractivity contribution in [1.29, 1.82) is 10.5 Å². The van der Waals surface area contributed by atoms with Crippen LogP contribution < -0.4 is 0 Å². The molecule has 2 rings (SSSR count). The van der Waals surface area contributed by atoms with Crippen LogP contribution in [0.4, 0.5) is 0 Å². The Labute approximate surface area is 83.4 Å². The van der Waals surface area contributed by atoms with Gasteiger partial charge in [0, 0.05) is 0 Å². The molecule has 0 saturated heterocycles. The quantitative estimate of drug-likeness (QED) is 0.618. The van der Waals surface area contributed by atoms with Gasteiger partial charge in [-0.05, 0) is 48.9 Å². The summed E-state index contributed by atoms with van der Waals surface area (Å²) in [5, 5.41) is 17.8. The summed E-state index contributed by atoms with van der Waals surface area (Å²) in [6, 6.07) is 7.93. The molecule has 1 aliphatic carbocycles. The second-order valence-corrected chi connectivity index (χ2v) is 3.55. The Kier molecular flexibility index (Phi) is 2.21. The lowest BCUT2D eigenvalue weighted by Crippen LogP contribution is -2.07. The van der Waals surface area contributed by atoms with Gasteiger partial charge in [-0.15, -0.1) is 0 Å². The first kappa shape index (κ1) is 8.78. The molecule has 0 amide bonds. The lowest BCUT2D eigenvalue weighted by molar-refractivity contribution is 0.682. The van der Waals surface area contributed by atoms with Crippen molar-refractivity contribution in [2.75, 3.05) is 0 Å². The van der Waals surface area contributed by atoms with Gasteiger partial charge in [0.25, 0.3) is 0 Å². The van der Waals surface area contributed by atoms with Gasteiger partial charge in [-0.3, -0.25) is 0 Å². The molecule has 2 heteroatoms. The molecular weight excluding hydrogens is 172 g/mol. The number of nitriles is 2. The first-order valence-electron chi connectivity index (χ1n) is 4.82. The third-order valence-electron chi connectivity index (χ3n) is 2.78. The van der Waals surface area contributed by atoms with Gasteiger partial charge in [0.2, 0.25) is 0 Å². The van der Waals surface area contributed by atoms with E-state index in [9.17, 15) is 0 Å². The molecule has 0 aliphatic heterocycles. The summed E-state index contributed by atoms with van der Waals surface area (Å²) in [6.45, 7) is 0. The fourth-order valence-corrected chi connectivity index (χ4v) is 2.08. The summed E-state index contributed by atoms with van der Waals surface area (Å²) in [6.07, 6.45) is 4.18. The summed E-state index contributed by atoms with van der Waals surface area (Å²) in [5.41, 5.74) is 3.72. The highest BCUT2D eigenvalue weighted by Gasteiger charge is 2.16. The summed E-state index contributed by atoms with van der Waals surface area (Å²) < 4.78 is 0. The SMILES string of the molecule is N#Cc1ccc(C#N)c2c1CCCC2. The van der Waals surface area contributed by atoms with E-state index in [1.165, 1.54) is 0 Å². The minimum atomic E-state index is 0.749. The minimum absolute atomic E-state index is 0.749. The number of hydrogen-bond acceptors (Lipinski definition) is 2. The van der Waals surface area contributed by atoms with Crippen molar-refractivity contribution >= 4 is 0 Å². The Morgan fingerprint density at radius 1 is 0.857 bits per heavy atom. The summed E-state index contributed by atoms with van der Waals surface area (Å²) in [5.74, 6) is 0. The molecule has 1 aromatic rings. The lowest BCUT2D eigenvalue weighted by Gasteiger charge is -2.17. The van der Waals surface area contributed by atoms with Crippen molar-refractivity contribution in [3.63, 3.8) is 0 Å². The van der Waals surface area contributed by atoms with Crippen LogP contribution >= 0.6 is 0 Å². The normalized spacial score (nSPS) is 13.9. The van der Waals surface area contributed by atoms with Crippen LogP contribution in [0.2, 0.25) is 0 Å². The van der Waals surface area contributed by atoms with E-state index in [4.69, 9.17) is 10.5 Å². The fraction of sp³-hybridized carbons (Fsp3) is 0.333. The van der Waals surface area contributed by atoms with Gasteiger partial charge in [-0.2, -0.15) is 10.5 Å². The van der Waals surface area contributed by atoms with Crippen molar-refractivity contribution < 1.29 is 0 Å². The highest BCUT2D eigenvalue weighted by Crippen LogP contribution is 2.26. The third kappa shape index (κ3) is 1.26. The Morgan fingerprint density at radius 3 is 1.64 bits per heavy atom. The zero-order valence-corrected chi connectivity index (χ0v) is 7.88. The molecule has 14 heavy (non-hydrogen) atoms. The molecule has 0 fully saturated rings. The topological polar surface area (TPSA) is 47.6 Å². The van der Waals surface area contributed by atoms with Gasteiger partial charge in [-0.25, -0.2) is 0 Å². The van der Waals surface area contributed by atoms with E-state index in [2.05, 4.69) is 12.1 Å². The Morgan fingerprint density at radius 2 is 1.29 bits per heavy atom. The van der Waals surface area contributed by atoms with E-state index in [0.29, 0.717) is 0 Å². The second kappa shape index (κ2) is 3.52. The molecular formula is C12H10N2. The number of nitrogens with zero attached hydrogens (tertiary/aromatic N) is 2. The van der Waals surface area contributed by atoms with E-state index in [1.807, 2.05) is 0 Å². The van der Waals surface area contributed by atoms with Crippen molar-refractivity contribution in [2.24, 2.45) is 0 Å². The van der Waals surface area contributed by atoms with Crippen LogP contribution in [0, 0.1) is 22.7 Å². The Balaban J connectivity index is 2.65. The van der Waals surface area contributed by atoms with Gasteiger partial charge in [-0.1, -0.05) is 0 Å². The van der Waals surface area contributed by atoms with E-state index >= 15 is 0 Å². The molecule has 2 nitrogen and oxygen atoms in total. The maximum atomic E-state index is 8.92. The number of fused-ring (bicyclic) bond motifs is 1. The van der Waals surface area contributed by atoms with Gasteiger partial charge >= 0.3 is 0 Å². The van der Waals surface area contributed by atoms with E-state index in [1.54, 1.807) is 12.1 Å². The largest absolute Gasteiger partial charge is 0.192 e. The molecule has 0 spiro atoms. The summed E-state index contributed by atoms with van der Waals surface area (Å²) in [7, 11) is 0. The van der Waals surface area contributed by atoms with Crippen LogP contribution in [0.3, 0.4) is 0 Å². The van der Waals surface area contributed by atoms with Crippen LogP contribution in [-0.2, 0) is 12.8 Å². The molecule has 0 saturated carbocycles. The number of benzene rings is 1. The van der Waals surface area contributed by atoms with E-state index in [0.717, 1.165) is 47.9 Å². The highest BCUT2D eigenvalue weighted by molar-refractivity contribution is 5.51. The second-order valence-electron chi connectivity index (χ2n) is 3.55. The first-order valence-corrected chi connectivity index (χ1v) is 4.82. The average molecular weight is 182 g/mol. The maximum absolute atomic E-state index is 8.92. The van der Waals surface area contributed by atoms with Gasteiger partial charge in [0.05, 0.1) is 23.3 Å². The van der Waals surface area contributed by atoms with Crippen molar-refractivity contribution in [2.45, 2.75) is 25.7 Å². The molecule has 0 N–H and O–H groups in total. The van der Waals surface area contributed by atoms with Crippen LogP contribution in [0.15, 0.2) is 12.1 Å². The van der Waals surface area contributed by atoms with Crippen molar-refractivity contribution in [3.05, 3.63) is 34.4 Å². The highest BCUT2D eigenvalue weighted by atomic mass is 14.3. The van der Waals surface area contributed by atoms with Crippen LogP contribution in [0.1, 0.15) is 35.1 Å². The predicted molar refractivity (Wildman–Crippen MR) is 52.5 cm³/mol. The van der Waals surface area contributed by atoms with Crippen LogP contribution in [0.5, 0.6) is 0 Å². The van der Waals surface area contributed by atoms with Crippen molar-refractivity contribution in [1.82, 2.24) is 0 Å². The molecule has 1 aromatic carbocycles. The Bertz CT molecular complexity index is 404.